The van der Waals surface area contributed by atoms with E-state index in [1.807, 2.05) is 54.4 Å². The van der Waals surface area contributed by atoms with Gasteiger partial charge in [0.15, 0.2) is 0 Å². The van der Waals surface area contributed by atoms with Crippen LogP contribution in [0, 0.1) is 5.82 Å². The minimum atomic E-state index is -0.434. The highest BCUT2D eigenvalue weighted by molar-refractivity contribution is 5.87. The number of hydrogen-bond acceptors (Lipinski definition) is 3. The van der Waals surface area contributed by atoms with Crippen LogP contribution >= 0.6 is 0 Å². The maximum Gasteiger partial charge on any atom is 0.265 e. The Labute approximate surface area is 150 Å². The van der Waals surface area contributed by atoms with Gasteiger partial charge in [0, 0.05) is 24.2 Å². The number of nitrogens with zero attached hydrogens (tertiary/aromatic N) is 3. The summed E-state index contributed by atoms with van der Waals surface area (Å²) in [5, 5.41) is 0. The molecule has 0 aliphatic carbocycles. The molecular weight excluding hydrogens is 329 g/mol. The van der Waals surface area contributed by atoms with Crippen LogP contribution in [0.2, 0.25) is 0 Å². The molecule has 0 bridgehead atoms. The van der Waals surface area contributed by atoms with E-state index in [2.05, 4.69) is 4.99 Å². The molecule has 1 aromatic carbocycles. The van der Waals surface area contributed by atoms with E-state index in [-0.39, 0.29) is 5.56 Å². The smallest absolute Gasteiger partial charge is 0.265 e. The lowest BCUT2D eigenvalue weighted by atomic mass is 9.98. The molecule has 4 nitrogen and oxygen atoms in total. The van der Waals surface area contributed by atoms with Gasteiger partial charge in [0.2, 0.25) is 0 Å². The van der Waals surface area contributed by atoms with E-state index >= 15 is 0 Å². The fraction of sp³-hybridized carbons (Fsp3) is 0.143. The fourth-order valence-corrected chi connectivity index (χ4v) is 3.44. The van der Waals surface area contributed by atoms with Gasteiger partial charge < -0.3 is 4.90 Å². The number of fused-ring (bicyclic) bond motifs is 1. The molecule has 3 heterocycles. The monoisotopic (exact) mass is 347 g/mol. The minimum absolute atomic E-state index is 0.235. The molecule has 2 aromatic heterocycles. The summed E-state index contributed by atoms with van der Waals surface area (Å²) in [5.41, 5.74) is 3.68. The molecule has 1 aliphatic heterocycles. The first-order valence-corrected chi connectivity index (χ1v) is 8.56. The van der Waals surface area contributed by atoms with Crippen molar-refractivity contribution in [3.63, 3.8) is 0 Å². The second-order valence-electron chi connectivity index (χ2n) is 6.11. The van der Waals surface area contributed by atoms with E-state index in [4.69, 9.17) is 0 Å². The predicted octanol–water partition coefficient (Wildman–Crippen LogP) is 4.03. The standard InChI is InChI=1S/C21H18FN3O/c1-2-17-18-10-9-16(22)13-25(18)21(26)19(15-7-4-3-5-8-15)20(17)24-12-6-11-23-14-24/h3-13H,2,14H2,1H3. The summed E-state index contributed by atoms with van der Waals surface area (Å²) >= 11 is 0. The highest BCUT2D eigenvalue weighted by Crippen LogP contribution is 2.35. The van der Waals surface area contributed by atoms with Gasteiger partial charge in [-0.15, -0.1) is 0 Å². The molecule has 0 atom stereocenters. The highest BCUT2D eigenvalue weighted by Gasteiger charge is 2.22. The first kappa shape index (κ1) is 16.3. The normalized spacial score (nSPS) is 13.5. The van der Waals surface area contributed by atoms with E-state index in [9.17, 15) is 9.18 Å². The van der Waals surface area contributed by atoms with E-state index in [1.165, 1.54) is 16.7 Å². The van der Waals surface area contributed by atoms with Gasteiger partial charge in [-0.2, -0.15) is 0 Å². The zero-order valence-electron chi connectivity index (χ0n) is 14.4. The molecule has 0 saturated carbocycles. The van der Waals surface area contributed by atoms with Crippen LogP contribution in [0.5, 0.6) is 0 Å². The Hall–Kier alpha value is -3.21. The Morgan fingerprint density at radius 3 is 2.65 bits per heavy atom. The van der Waals surface area contributed by atoms with Crippen molar-refractivity contribution in [1.82, 2.24) is 4.40 Å². The van der Waals surface area contributed by atoms with Crippen LogP contribution in [-0.4, -0.2) is 17.3 Å². The number of aromatic nitrogens is 1. The SMILES string of the molecule is CCc1c(N2C=CC=NC2)c(-c2ccccc2)c(=O)n2cc(F)ccc12. The molecule has 0 fully saturated rings. The number of benzene rings is 1. The Kier molecular flexibility index (Phi) is 4.13. The molecule has 1 aliphatic rings. The van der Waals surface area contributed by atoms with Crippen LogP contribution < -0.4 is 10.5 Å². The summed E-state index contributed by atoms with van der Waals surface area (Å²) < 4.78 is 15.3. The summed E-state index contributed by atoms with van der Waals surface area (Å²) in [6.07, 6.45) is 7.49. The lowest BCUT2D eigenvalue weighted by Gasteiger charge is -2.27. The molecule has 0 unspecified atom stereocenters. The minimum Gasteiger partial charge on any atom is -0.327 e. The molecule has 0 saturated heterocycles. The van der Waals surface area contributed by atoms with Crippen molar-refractivity contribution in [2.24, 2.45) is 4.99 Å². The second kappa shape index (κ2) is 6.59. The van der Waals surface area contributed by atoms with Crippen molar-refractivity contribution in [3.8, 4) is 11.1 Å². The lowest BCUT2D eigenvalue weighted by molar-refractivity contribution is 0.618. The van der Waals surface area contributed by atoms with Crippen molar-refractivity contribution in [2.75, 3.05) is 11.6 Å². The summed E-state index contributed by atoms with van der Waals surface area (Å²) in [6, 6.07) is 12.6. The predicted molar refractivity (Wildman–Crippen MR) is 103 cm³/mol. The lowest BCUT2D eigenvalue weighted by Crippen LogP contribution is -2.27. The van der Waals surface area contributed by atoms with Gasteiger partial charge in [-0.25, -0.2) is 4.39 Å². The number of aryl methyl sites for hydroxylation is 1. The van der Waals surface area contributed by atoms with Crippen LogP contribution in [0.25, 0.3) is 16.6 Å². The average molecular weight is 347 g/mol. The average Bonchev–Trinajstić information content (AvgIpc) is 2.69. The third-order valence-electron chi connectivity index (χ3n) is 4.57. The molecule has 0 spiro atoms. The third kappa shape index (κ3) is 2.62. The molecule has 0 radical (unpaired) electrons. The summed E-state index contributed by atoms with van der Waals surface area (Å²) in [6.45, 7) is 2.48. The van der Waals surface area contributed by atoms with Crippen LogP contribution in [0.15, 0.2) is 70.7 Å². The number of hydrogen-bond donors (Lipinski definition) is 0. The Balaban J connectivity index is 2.15. The number of rotatable bonds is 3. The van der Waals surface area contributed by atoms with Crippen LogP contribution in [0.4, 0.5) is 10.1 Å². The van der Waals surface area contributed by atoms with Crippen LogP contribution in [-0.2, 0) is 6.42 Å². The number of halogens is 1. The van der Waals surface area contributed by atoms with Gasteiger partial charge in [0.1, 0.15) is 12.5 Å². The molecule has 4 rings (SSSR count). The van der Waals surface area contributed by atoms with Gasteiger partial charge >= 0.3 is 0 Å². The number of allylic oxidation sites excluding steroid dienone is 1. The third-order valence-corrected chi connectivity index (χ3v) is 4.57. The summed E-state index contributed by atoms with van der Waals surface area (Å²) in [7, 11) is 0. The molecule has 0 N–H and O–H groups in total. The maximum absolute atomic E-state index is 13.8. The van der Waals surface area contributed by atoms with Gasteiger partial charge in [-0.1, -0.05) is 37.3 Å². The molecule has 26 heavy (non-hydrogen) atoms. The van der Waals surface area contributed by atoms with Gasteiger partial charge in [0.05, 0.1) is 16.8 Å². The Morgan fingerprint density at radius 2 is 1.96 bits per heavy atom. The van der Waals surface area contributed by atoms with E-state index in [0.29, 0.717) is 18.7 Å². The summed E-state index contributed by atoms with van der Waals surface area (Å²) in [5.74, 6) is -0.434. The van der Waals surface area contributed by atoms with Crippen molar-refractivity contribution in [1.29, 1.82) is 0 Å². The summed E-state index contributed by atoms with van der Waals surface area (Å²) in [4.78, 5) is 19.6. The van der Waals surface area contributed by atoms with Gasteiger partial charge in [0.25, 0.3) is 5.56 Å². The number of pyridine rings is 2. The molecular formula is C21H18FN3O. The van der Waals surface area contributed by atoms with Crippen molar-refractivity contribution in [3.05, 3.63) is 82.7 Å². The number of aliphatic imine (C=N–C) groups is 1. The first-order chi connectivity index (χ1) is 12.7. The molecule has 5 heteroatoms. The van der Waals surface area contributed by atoms with Crippen molar-refractivity contribution in [2.45, 2.75) is 13.3 Å². The molecule has 130 valence electrons. The van der Waals surface area contributed by atoms with Crippen molar-refractivity contribution >= 4 is 17.4 Å². The van der Waals surface area contributed by atoms with Crippen LogP contribution in [0.3, 0.4) is 0 Å². The molecule has 0 amide bonds. The quantitative estimate of drug-likeness (QED) is 0.717. The largest absolute Gasteiger partial charge is 0.327 e. The first-order valence-electron chi connectivity index (χ1n) is 8.56. The van der Waals surface area contributed by atoms with E-state index < -0.39 is 5.82 Å². The van der Waals surface area contributed by atoms with Gasteiger partial charge in [-0.05, 0) is 30.2 Å². The van der Waals surface area contributed by atoms with E-state index in [0.717, 1.165) is 22.3 Å². The maximum atomic E-state index is 13.8. The highest BCUT2D eigenvalue weighted by atomic mass is 19.1. The second-order valence-corrected chi connectivity index (χ2v) is 6.11. The fourth-order valence-electron chi connectivity index (χ4n) is 3.44. The Bertz CT molecular complexity index is 1080. The Morgan fingerprint density at radius 1 is 1.15 bits per heavy atom. The van der Waals surface area contributed by atoms with Crippen LogP contribution in [0.1, 0.15) is 12.5 Å². The van der Waals surface area contributed by atoms with Gasteiger partial charge in [-0.3, -0.25) is 14.2 Å². The zero-order valence-corrected chi connectivity index (χ0v) is 14.4. The van der Waals surface area contributed by atoms with E-state index in [1.54, 1.807) is 12.3 Å². The van der Waals surface area contributed by atoms with Crippen molar-refractivity contribution < 1.29 is 4.39 Å². The zero-order chi connectivity index (χ0) is 18.1. The molecule has 3 aromatic rings. The topological polar surface area (TPSA) is 37.1 Å². The number of anilines is 1.